The van der Waals surface area contributed by atoms with Gasteiger partial charge in [0.05, 0.1) is 0 Å². The maximum absolute atomic E-state index is 11.2. The number of oxazole rings is 1. The summed E-state index contributed by atoms with van der Waals surface area (Å²) in [7, 11) is 1.89. The van der Waals surface area contributed by atoms with Crippen LogP contribution in [0.3, 0.4) is 0 Å². The van der Waals surface area contributed by atoms with Crippen molar-refractivity contribution in [2.45, 2.75) is 26.0 Å². The van der Waals surface area contributed by atoms with E-state index in [0.717, 1.165) is 16.7 Å². The number of anilines is 1. The summed E-state index contributed by atoms with van der Waals surface area (Å²) in [5.41, 5.74) is 1.22. The van der Waals surface area contributed by atoms with Crippen LogP contribution in [0, 0.1) is 0 Å². The number of hydrogen-bond acceptors (Lipinski definition) is 5. The molecule has 6 heteroatoms. The van der Waals surface area contributed by atoms with Gasteiger partial charge < -0.3 is 19.2 Å². The van der Waals surface area contributed by atoms with Gasteiger partial charge in [-0.1, -0.05) is 24.3 Å². The van der Waals surface area contributed by atoms with Crippen molar-refractivity contribution in [2.24, 2.45) is 0 Å². The van der Waals surface area contributed by atoms with E-state index >= 15 is 0 Å². The molecule has 0 fully saturated rings. The fourth-order valence-electron chi connectivity index (χ4n) is 2.41. The number of nitrogens with zero attached hydrogens (tertiary/aromatic N) is 2. The van der Waals surface area contributed by atoms with E-state index < -0.39 is 11.6 Å². The van der Waals surface area contributed by atoms with Gasteiger partial charge in [-0.25, -0.2) is 4.79 Å². The predicted octanol–water partition coefficient (Wildman–Crippen LogP) is 3.71. The fraction of sp³-hybridized carbons (Fsp3) is 0.263. The summed E-state index contributed by atoms with van der Waals surface area (Å²) in [5.74, 6) is -0.502. The number of hydrogen-bond donors (Lipinski definition) is 1. The summed E-state index contributed by atoms with van der Waals surface area (Å²) in [6, 6.07) is 15.5. The first kappa shape index (κ1) is 16.8. The lowest BCUT2D eigenvalue weighted by molar-refractivity contribution is -0.152. The first-order valence-electron chi connectivity index (χ1n) is 7.93. The molecule has 0 saturated heterocycles. The summed E-state index contributed by atoms with van der Waals surface area (Å²) >= 11 is 0. The lowest BCUT2D eigenvalue weighted by Gasteiger charge is -2.22. The number of para-hydroxylation sites is 2. The monoisotopic (exact) mass is 340 g/mol. The van der Waals surface area contributed by atoms with Gasteiger partial charge >= 0.3 is 5.97 Å². The van der Waals surface area contributed by atoms with Gasteiger partial charge in [-0.05, 0) is 43.7 Å². The van der Waals surface area contributed by atoms with Gasteiger partial charge in [-0.15, -0.1) is 0 Å². The molecule has 1 N–H and O–H groups in total. The Bertz CT molecular complexity index is 868. The Morgan fingerprint density at radius 2 is 2.00 bits per heavy atom. The van der Waals surface area contributed by atoms with Crippen molar-refractivity contribution in [3.8, 4) is 5.75 Å². The molecule has 0 aliphatic rings. The number of ether oxygens (including phenoxy) is 1. The minimum atomic E-state index is -1.29. The highest BCUT2D eigenvalue weighted by atomic mass is 16.5. The second kappa shape index (κ2) is 6.47. The highest BCUT2D eigenvalue weighted by molar-refractivity contribution is 5.76. The largest absolute Gasteiger partial charge is 0.478 e. The van der Waals surface area contributed by atoms with Crippen molar-refractivity contribution in [3.05, 3.63) is 54.1 Å². The van der Waals surface area contributed by atoms with E-state index in [9.17, 15) is 9.90 Å². The van der Waals surface area contributed by atoms with E-state index in [4.69, 9.17) is 9.15 Å². The molecule has 0 saturated carbocycles. The molecule has 0 unspecified atom stereocenters. The van der Waals surface area contributed by atoms with E-state index in [2.05, 4.69) is 4.98 Å². The van der Waals surface area contributed by atoms with Gasteiger partial charge in [0.25, 0.3) is 6.01 Å². The summed E-state index contributed by atoms with van der Waals surface area (Å²) in [6.07, 6.45) is 0. The van der Waals surface area contributed by atoms with Crippen molar-refractivity contribution in [2.75, 3.05) is 11.9 Å². The third kappa shape index (κ3) is 3.74. The number of carbonyl (C=O) groups is 1. The molecule has 0 atom stereocenters. The molecule has 3 aromatic rings. The van der Waals surface area contributed by atoms with Gasteiger partial charge in [0.15, 0.2) is 11.2 Å². The number of benzene rings is 2. The van der Waals surface area contributed by atoms with Crippen LogP contribution in [0.25, 0.3) is 11.1 Å². The number of rotatable bonds is 6. The Hall–Kier alpha value is -3.02. The van der Waals surface area contributed by atoms with Crippen LogP contribution < -0.4 is 9.64 Å². The van der Waals surface area contributed by atoms with Crippen molar-refractivity contribution in [3.63, 3.8) is 0 Å². The third-order valence-electron chi connectivity index (χ3n) is 3.82. The van der Waals surface area contributed by atoms with E-state index in [1.807, 2.05) is 54.4 Å². The second-order valence-corrected chi connectivity index (χ2v) is 6.39. The lowest BCUT2D eigenvalue weighted by Crippen LogP contribution is -2.37. The van der Waals surface area contributed by atoms with Crippen LogP contribution in [0.15, 0.2) is 52.9 Å². The Morgan fingerprint density at radius 1 is 1.24 bits per heavy atom. The van der Waals surface area contributed by atoms with Crippen LogP contribution in [0.2, 0.25) is 0 Å². The van der Waals surface area contributed by atoms with Crippen LogP contribution >= 0.6 is 0 Å². The maximum atomic E-state index is 11.2. The Kier molecular flexibility index (Phi) is 4.35. The van der Waals surface area contributed by atoms with Gasteiger partial charge in [-0.3, -0.25) is 0 Å². The second-order valence-electron chi connectivity index (χ2n) is 6.39. The SMILES string of the molecule is CN(Cc1cccc(OC(C)(C)C(=O)O)c1)c1nc2ccccc2o1. The smallest absolute Gasteiger partial charge is 0.347 e. The third-order valence-corrected chi connectivity index (χ3v) is 3.82. The quantitative estimate of drug-likeness (QED) is 0.737. The Labute approximate surface area is 145 Å². The molecule has 1 aromatic heterocycles. The molecule has 25 heavy (non-hydrogen) atoms. The van der Waals surface area contributed by atoms with Crippen LogP contribution in [0.4, 0.5) is 6.01 Å². The van der Waals surface area contributed by atoms with E-state index in [0.29, 0.717) is 18.3 Å². The number of carboxylic acid groups (broad SMARTS) is 1. The zero-order chi connectivity index (χ0) is 18.0. The summed E-state index contributed by atoms with van der Waals surface area (Å²) in [6.45, 7) is 3.59. The van der Waals surface area contributed by atoms with Gasteiger partial charge in [-0.2, -0.15) is 4.98 Å². The summed E-state index contributed by atoms with van der Waals surface area (Å²) in [5, 5.41) is 9.18. The normalized spacial score (nSPS) is 11.5. The standard InChI is InChI=1S/C19H20N2O4/c1-19(2,17(22)23)25-14-8-6-7-13(11-14)12-21(3)18-20-15-9-4-5-10-16(15)24-18/h4-11H,12H2,1-3H3,(H,22,23). The molecule has 0 radical (unpaired) electrons. The van der Waals surface area contributed by atoms with Crippen LogP contribution in [0.5, 0.6) is 5.75 Å². The zero-order valence-corrected chi connectivity index (χ0v) is 14.4. The van der Waals surface area contributed by atoms with Crippen molar-refractivity contribution in [1.29, 1.82) is 0 Å². The molecule has 6 nitrogen and oxygen atoms in total. The van der Waals surface area contributed by atoms with E-state index in [1.54, 1.807) is 6.07 Å². The maximum Gasteiger partial charge on any atom is 0.347 e. The van der Waals surface area contributed by atoms with Gasteiger partial charge in [0, 0.05) is 13.6 Å². The van der Waals surface area contributed by atoms with Crippen LogP contribution in [0.1, 0.15) is 19.4 Å². The predicted molar refractivity (Wildman–Crippen MR) is 94.9 cm³/mol. The lowest BCUT2D eigenvalue weighted by atomic mass is 10.1. The molecule has 0 aliphatic heterocycles. The van der Waals surface area contributed by atoms with Crippen molar-refractivity contribution in [1.82, 2.24) is 4.98 Å². The molecule has 0 bridgehead atoms. The topological polar surface area (TPSA) is 75.8 Å². The Morgan fingerprint density at radius 3 is 2.72 bits per heavy atom. The molecule has 1 heterocycles. The molecular weight excluding hydrogens is 320 g/mol. The summed E-state index contributed by atoms with van der Waals surface area (Å²) in [4.78, 5) is 17.6. The molecule has 0 aliphatic carbocycles. The highest BCUT2D eigenvalue weighted by Crippen LogP contribution is 2.24. The van der Waals surface area contributed by atoms with Crippen molar-refractivity contribution < 1.29 is 19.1 Å². The minimum Gasteiger partial charge on any atom is -0.478 e. The molecule has 2 aromatic carbocycles. The van der Waals surface area contributed by atoms with E-state index in [-0.39, 0.29) is 0 Å². The Balaban J connectivity index is 1.76. The molecule has 0 amide bonds. The first-order chi connectivity index (χ1) is 11.8. The van der Waals surface area contributed by atoms with Crippen molar-refractivity contribution >= 4 is 23.1 Å². The van der Waals surface area contributed by atoms with E-state index in [1.165, 1.54) is 13.8 Å². The first-order valence-corrected chi connectivity index (χ1v) is 7.93. The summed E-state index contributed by atoms with van der Waals surface area (Å²) < 4.78 is 11.3. The highest BCUT2D eigenvalue weighted by Gasteiger charge is 2.29. The van der Waals surface area contributed by atoms with Gasteiger partial charge in [0.1, 0.15) is 11.3 Å². The molecule has 3 rings (SSSR count). The number of aliphatic carboxylic acids is 1. The van der Waals surface area contributed by atoms with Crippen LogP contribution in [-0.2, 0) is 11.3 Å². The number of fused-ring (bicyclic) bond motifs is 1. The molecular formula is C19H20N2O4. The average Bonchev–Trinajstić information content (AvgIpc) is 2.99. The fourth-order valence-corrected chi connectivity index (χ4v) is 2.41. The van der Waals surface area contributed by atoms with Gasteiger partial charge in [0.2, 0.25) is 0 Å². The zero-order valence-electron chi connectivity index (χ0n) is 14.4. The average molecular weight is 340 g/mol. The molecule has 130 valence electrons. The van der Waals surface area contributed by atoms with Crippen LogP contribution in [-0.4, -0.2) is 28.7 Å². The number of carboxylic acids is 1. The number of aromatic nitrogens is 1. The minimum absolute atomic E-state index is 0.510. The molecule has 0 spiro atoms.